The van der Waals surface area contributed by atoms with Crippen molar-refractivity contribution in [2.45, 2.75) is 20.0 Å². The first-order chi connectivity index (χ1) is 10.7. The number of nitrogens with zero attached hydrogens (tertiary/aromatic N) is 2. The summed E-state index contributed by atoms with van der Waals surface area (Å²) in [5.74, 6) is -1.97. The number of Topliss-reactive ketones (excluding diaryl/α,β-unsaturated/α-hetero) is 1. The zero-order valence-corrected chi connectivity index (χ0v) is 14.9. The van der Waals surface area contributed by atoms with Gasteiger partial charge in [0.25, 0.3) is 11.7 Å². The van der Waals surface area contributed by atoms with E-state index in [1.165, 1.54) is 6.07 Å². The standard InChI is InChI=1S/C15H16F3IN2O2/c1-3-20(4-2)5-6-21-11-8-9(19)7-10(15(16,17)18)12(11)13(22)14(21)23/h7-8H,3-6H2,1-2H3. The van der Waals surface area contributed by atoms with E-state index >= 15 is 0 Å². The van der Waals surface area contributed by atoms with Crippen LogP contribution >= 0.6 is 22.6 Å². The Morgan fingerprint density at radius 1 is 1.17 bits per heavy atom. The van der Waals surface area contributed by atoms with E-state index in [1.54, 1.807) is 22.6 Å². The molecule has 0 bridgehead atoms. The highest BCUT2D eigenvalue weighted by molar-refractivity contribution is 14.1. The number of anilines is 1. The lowest BCUT2D eigenvalue weighted by Gasteiger charge is -2.23. The van der Waals surface area contributed by atoms with Crippen LogP contribution in [0, 0.1) is 3.57 Å². The molecule has 0 unspecified atom stereocenters. The molecule has 0 saturated carbocycles. The van der Waals surface area contributed by atoms with Crippen LogP contribution in [0.25, 0.3) is 0 Å². The predicted molar refractivity (Wildman–Crippen MR) is 88.6 cm³/mol. The summed E-state index contributed by atoms with van der Waals surface area (Å²) in [6.45, 7) is 6.13. The second-order valence-corrected chi connectivity index (χ2v) is 6.40. The van der Waals surface area contributed by atoms with E-state index in [9.17, 15) is 22.8 Å². The highest BCUT2D eigenvalue weighted by Gasteiger charge is 2.44. The third-order valence-corrected chi connectivity index (χ3v) is 4.50. The van der Waals surface area contributed by atoms with Gasteiger partial charge in [-0.15, -0.1) is 0 Å². The Kier molecular flexibility index (Phi) is 5.34. The second kappa shape index (κ2) is 6.76. The summed E-state index contributed by atoms with van der Waals surface area (Å²) < 4.78 is 39.9. The molecule has 0 fully saturated rings. The normalized spacial score (nSPS) is 14.8. The number of benzene rings is 1. The predicted octanol–water partition coefficient (Wildman–Crippen LogP) is 3.18. The summed E-state index contributed by atoms with van der Waals surface area (Å²) in [4.78, 5) is 27.4. The van der Waals surface area contributed by atoms with Gasteiger partial charge in [-0.3, -0.25) is 9.59 Å². The van der Waals surface area contributed by atoms with Crippen LogP contribution in [0.5, 0.6) is 0 Å². The van der Waals surface area contributed by atoms with E-state index < -0.39 is 29.0 Å². The minimum Gasteiger partial charge on any atom is -0.303 e. The maximum absolute atomic E-state index is 13.2. The molecule has 0 N–H and O–H groups in total. The van der Waals surface area contributed by atoms with E-state index in [0.29, 0.717) is 10.1 Å². The number of likely N-dealkylation sites (N-methyl/N-ethyl adjacent to an activating group) is 1. The number of rotatable bonds is 5. The molecule has 126 valence electrons. The fraction of sp³-hybridized carbons (Fsp3) is 0.467. The zero-order valence-electron chi connectivity index (χ0n) is 12.7. The van der Waals surface area contributed by atoms with Crippen LogP contribution in [-0.4, -0.2) is 42.8 Å². The molecule has 4 nitrogen and oxygen atoms in total. The molecule has 1 aromatic carbocycles. The molecule has 2 rings (SSSR count). The smallest absolute Gasteiger partial charge is 0.303 e. The third-order valence-electron chi connectivity index (χ3n) is 3.88. The number of alkyl halides is 3. The maximum Gasteiger partial charge on any atom is 0.417 e. The molecular weight excluding hydrogens is 424 g/mol. The van der Waals surface area contributed by atoms with Crippen molar-refractivity contribution in [3.63, 3.8) is 0 Å². The van der Waals surface area contributed by atoms with Crippen LogP contribution in [0.2, 0.25) is 0 Å². The van der Waals surface area contributed by atoms with Crippen molar-refractivity contribution in [1.29, 1.82) is 0 Å². The first kappa shape index (κ1) is 18.2. The van der Waals surface area contributed by atoms with Crippen LogP contribution in [-0.2, 0) is 11.0 Å². The van der Waals surface area contributed by atoms with Crippen molar-refractivity contribution in [3.8, 4) is 0 Å². The molecule has 1 aromatic rings. The van der Waals surface area contributed by atoms with E-state index in [0.717, 1.165) is 24.1 Å². The number of carbonyl (C=O) groups is 2. The lowest BCUT2D eigenvalue weighted by Crippen LogP contribution is -2.38. The molecule has 1 aliphatic rings. The lowest BCUT2D eigenvalue weighted by atomic mass is 10.0. The number of fused-ring (bicyclic) bond motifs is 1. The quantitative estimate of drug-likeness (QED) is 0.522. The summed E-state index contributed by atoms with van der Waals surface area (Å²) in [6, 6.07) is 2.36. The fourth-order valence-corrected chi connectivity index (χ4v) is 3.22. The van der Waals surface area contributed by atoms with Crippen molar-refractivity contribution in [2.24, 2.45) is 0 Å². The Balaban J connectivity index is 2.43. The number of amides is 1. The molecule has 0 atom stereocenters. The Labute approximate surface area is 145 Å². The minimum absolute atomic E-state index is 0.0615. The number of hydrogen-bond acceptors (Lipinski definition) is 3. The van der Waals surface area contributed by atoms with Gasteiger partial charge in [0.2, 0.25) is 0 Å². The van der Waals surface area contributed by atoms with Gasteiger partial charge in [0.1, 0.15) is 0 Å². The van der Waals surface area contributed by atoms with Crippen LogP contribution in [0.4, 0.5) is 18.9 Å². The topological polar surface area (TPSA) is 40.6 Å². The van der Waals surface area contributed by atoms with E-state index in [1.807, 2.05) is 18.7 Å². The van der Waals surface area contributed by atoms with Crippen molar-refractivity contribution >= 4 is 40.0 Å². The Hall–Kier alpha value is -1.16. The largest absolute Gasteiger partial charge is 0.417 e. The van der Waals surface area contributed by atoms with Gasteiger partial charge >= 0.3 is 6.18 Å². The molecule has 0 aromatic heterocycles. The number of halogens is 4. The lowest BCUT2D eigenvalue weighted by molar-refractivity contribution is -0.137. The van der Waals surface area contributed by atoms with Gasteiger partial charge in [0.15, 0.2) is 0 Å². The van der Waals surface area contributed by atoms with Crippen molar-refractivity contribution in [3.05, 3.63) is 26.8 Å². The first-order valence-corrected chi connectivity index (χ1v) is 8.27. The highest BCUT2D eigenvalue weighted by atomic mass is 127. The summed E-state index contributed by atoms with van der Waals surface area (Å²) >= 11 is 1.76. The molecule has 0 aliphatic carbocycles. The van der Waals surface area contributed by atoms with Crippen LogP contribution in [0.15, 0.2) is 12.1 Å². The maximum atomic E-state index is 13.2. The number of hydrogen-bond donors (Lipinski definition) is 0. The highest BCUT2D eigenvalue weighted by Crippen LogP contribution is 2.41. The molecule has 1 aliphatic heterocycles. The monoisotopic (exact) mass is 440 g/mol. The van der Waals surface area contributed by atoms with Crippen molar-refractivity contribution in [2.75, 3.05) is 31.1 Å². The van der Waals surface area contributed by atoms with Crippen molar-refractivity contribution < 1.29 is 22.8 Å². The summed E-state index contributed by atoms with van der Waals surface area (Å²) in [5, 5.41) is 0. The molecular formula is C15H16F3IN2O2. The zero-order chi connectivity index (χ0) is 17.4. The SMILES string of the molecule is CCN(CC)CCN1C(=O)C(=O)c2c1cc(I)cc2C(F)(F)F. The molecule has 1 amide bonds. The van der Waals surface area contributed by atoms with Crippen molar-refractivity contribution in [1.82, 2.24) is 4.90 Å². The molecule has 0 radical (unpaired) electrons. The number of ketones is 1. The Morgan fingerprint density at radius 3 is 2.30 bits per heavy atom. The minimum atomic E-state index is -4.67. The van der Waals surface area contributed by atoms with Gasteiger partial charge in [-0.25, -0.2) is 0 Å². The van der Waals surface area contributed by atoms with Gasteiger partial charge < -0.3 is 9.80 Å². The molecule has 0 spiro atoms. The van der Waals surface area contributed by atoms with Gasteiger partial charge in [-0.1, -0.05) is 13.8 Å². The average Bonchev–Trinajstić information content (AvgIpc) is 2.71. The van der Waals surface area contributed by atoms with E-state index in [-0.39, 0.29) is 12.2 Å². The third kappa shape index (κ3) is 3.52. The Morgan fingerprint density at radius 2 is 1.78 bits per heavy atom. The van der Waals surface area contributed by atoms with Gasteiger partial charge in [0.05, 0.1) is 16.8 Å². The van der Waals surface area contributed by atoms with Crippen LogP contribution in [0.1, 0.15) is 29.8 Å². The second-order valence-electron chi connectivity index (χ2n) is 5.16. The number of carbonyl (C=O) groups excluding carboxylic acids is 2. The average molecular weight is 440 g/mol. The molecule has 8 heteroatoms. The summed E-state index contributed by atoms with van der Waals surface area (Å²) in [6.07, 6.45) is -4.67. The fourth-order valence-electron chi connectivity index (χ4n) is 2.61. The van der Waals surface area contributed by atoms with Gasteiger partial charge in [0, 0.05) is 16.7 Å². The molecule has 23 heavy (non-hydrogen) atoms. The molecule has 1 heterocycles. The van der Waals surface area contributed by atoms with E-state index in [4.69, 9.17) is 0 Å². The van der Waals surface area contributed by atoms with Crippen LogP contribution < -0.4 is 4.90 Å². The van der Waals surface area contributed by atoms with E-state index in [2.05, 4.69) is 0 Å². The summed E-state index contributed by atoms with van der Waals surface area (Å²) in [5.41, 5.74) is -1.50. The van der Waals surface area contributed by atoms with Gasteiger partial charge in [-0.2, -0.15) is 13.2 Å². The first-order valence-electron chi connectivity index (χ1n) is 7.20. The summed E-state index contributed by atoms with van der Waals surface area (Å²) in [7, 11) is 0. The van der Waals surface area contributed by atoms with Gasteiger partial charge in [-0.05, 0) is 47.8 Å². The van der Waals surface area contributed by atoms with Crippen LogP contribution in [0.3, 0.4) is 0 Å². The molecule has 0 saturated heterocycles. The Bertz CT molecular complexity index is 642.